The molecule has 55 heavy (non-hydrogen) atoms. The second-order valence-electron chi connectivity index (χ2n) is 14.4. The van der Waals surface area contributed by atoms with Crippen LogP contribution in [0.2, 0.25) is 0 Å². The molecule has 7 rings (SSSR count). The Kier molecular flexibility index (Phi) is 12.8. The van der Waals surface area contributed by atoms with Crippen molar-refractivity contribution in [2.24, 2.45) is 0 Å². The van der Waals surface area contributed by atoms with E-state index in [1.54, 1.807) is 0 Å². The third-order valence-corrected chi connectivity index (χ3v) is 10.4. The quantitative estimate of drug-likeness (QED) is 0.0914. The zero-order valence-corrected chi connectivity index (χ0v) is 31.9. The Morgan fingerprint density at radius 2 is 1.44 bits per heavy atom. The SMILES string of the molecule is Cc1nn2c(N3CCN(CCO)CC3)cc(-c3cccc(CCCCCCCNC(=O)Cc4ccc(Oc5ccccc5)cc4)c3)nc2c1-c1ccccc1. The van der Waals surface area contributed by atoms with Gasteiger partial charge in [0, 0.05) is 56.5 Å². The van der Waals surface area contributed by atoms with Crippen molar-refractivity contribution in [1.82, 2.24) is 24.8 Å². The number of rotatable bonds is 17. The zero-order valence-electron chi connectivity index (χ0n) is 31.9. The van der Waals surface area contributed by atoms with Gasteiger partial charge in [0.2, 0.25) is 5.91 Å². The van der Waals surface area contributed by atoms with Crippen LogP contribution in [-0.2, 0) is 17.6 Å². The molecule has 1 amide bonds. The number of carbonyl (C=O) groups is 1. The third-order valence-electron chi connectivity index (χ3n) is 10.4. The van der Waals surface area contributed by atoms with Gasteiger partial charge >= 0.3 is 0 Å². The molecule has 3 heterocycles. The number of carbonyl (C=O) groups excluding carboxylic acids is 1. The van der Waals surface area contributed by atoms with Crippen molar-refractivity contribution in [1.29, 1.82) is 0 Å². The average Bonchev–Trinajstić information content (AvgIpc) is 3.56. The minimum atomic E-state index is 0.0534. The molecule has 0 saturated carbocycles. The molecule has 6 aromatic rings. The maximum Gasteiger partial charge on any atom is 0.224 e. The number of unbranched alkanes of at least 4 members (excludes halogenated alkanes) is 4. The molecule has 0 bridgehead atoms. The van der Waals surface area contributed by atoms with E-state index in [1.165, 1.54) is 5.56 Å². The van der Waals surface area contributed by atoms with Crippen LogP contribution in [-0.4, -0.2) is 76.4 Å². The number of hydrogen-bond acceptors (Lipinski definition) is 7. The molecule has 0 radical (unpaired) electrons. The normalized spacial score (nSPS) is 13.3. The van der Waals surface area contributed by atoms with Crippen LogP contribution >= 0.6 is 0 Å². The van der Waals surface area contributed by atoms with E-state index >= 15 is 0 Å². The van der Waals surface area contributed by atoms with E-state index in [2.05, 4.69) is 76.6 Å². The first-order valence-corrected chi connectivity index (χ1v) is 19.8. The summed E-state index contributed by atoms with van der Waals surface area (Å²) in [5.41, 5.74) is 8.38. The van der Waals surface area contributed by atoms with Crippen LogP contribution in [0, 0.1) is 6.92 Å². The number of aromatic nitrogens is 3. The first-order valence-electron chi connectivity index (χ1n) is 19.8. The predicted octanol–water partition coefficient (Wildman–Crippen LogP) is 8.13. The number of aliphatic hydroxyl groups excluding tert-OH is 1. The monoisotopic (exact) mass is 736 g/mol. The summed E-state index contributed by atoms with van der Waals surface area (Å²) in [5.74, 6) is 2.66. The summed E-state index contributed by atoms with van der Waals surface area (Å²) >= 11 is 0. The predicted molar refractivity (Wildman–Crippen MR) is 221 cm³/mol. The van der Waals surface area contributed by atoms with Crippen molar-refractivity contribution in [2.75, 3.05) is 50.8 Å². The standard InChI is InChI=1S/C46H52N6O3/c1-35-45(38-16-8-5-9-17-38)46-48-42(34-44(52(46)49-35)51-28-26-50(27-29-51)30-31-53)39-18-13-15-36(32-39)14-7-3-2-4-12-25-47-43(54)33-37-21-23-41(24-22-37)55-40-19-10-6-11-20-40/h5-6,8-11,13,15-24,32,34,53H,2-4,7,12,14,25-31,33H2,1H3,(H,47,54). The molecule has 284 valence electrons. The summed E-state index contributed by atoms with van der Waals surface area (Å²) in [7, 11) is 0. The van der Waals surface area contributed by atoms with Gasteiger partial charge in [-0.3, -0.25) is 9.69 Å². The Labute approximate surface area is 324 Å². The highest BCUT2D eigenvalue weighted by Crippen LogP contribution is 2.33. The van der Waals surface area contributed by atoms with Gasteiger partial charge in [-0.1, -0.05) is 98.1 Å². The molecular weight excluding hydrogens is 685 g/mol. The number of para-hydroxylation sites is 1. The van der Waals surface area contributed by atoms with Gasteiger partial charge in [0.05, 0.1) is 24.4 Å². The molecule has 1 aliphatic heterocycles. The largest absolute Gasteiger partial charge is 0.457 e. The molecule has 0 atom stereocenters. The number of aliphatic hydroxyl groups is 1. The number of nitrogens with one attached hydrogen (secondary N) is 1. The summed E-state index contributed by atoms with van der Waals surface area (Å²) in [6, 6.07) is 38.9. The highest BCUT2D eigenvalue weighted by Gasteiger charge is 2.23. The van der Waals surface area contributed by atoms with Crippen LogP contribution in [0.15, 0.2) is 115 Å². The Morgan fingerprint density at radius 1 is 0.745 bits per heavy atom. The van der Waals surface area contributed by atoms with Crippen molar-refractivity contribution >= 4 is 17.4 Å². The molecule has 9 nitrogen and oxygen atoms in total. The van der Waals surface area contributed by atoms with E-state index in [-0.39, 0.29) is 12.5 Å². The lowest BCUT2D eigenvalue weighted by Gasteiger charge is -2.35. The van der Waals surface area contributed by atoms with Crippen molar-refractivity contribution in [2.45, 2.75) is 51.9 Å². The fraction of sp³-hybridized carbons (Fsp3) is 0.326. The molecular formula is C46H52N6O3. The van der Waals surface area contributed by atoms with Crippen molar-refractivity contribution < 1.29 is 14.6 Å². The summed E-state index contributed by atoms with van der Waals surface area (Å²) in [6.07, 6.45) is 6.89. The first-order chi connectivity index (χ1) is 27.0. The van der Waals surface area contributed by atoms with Gasteiger partial charge in [0.25, 0.3) is 0 Å². The number of nitrogens with zero attached hydrogens (tertiary/aromatic N) is 5. The average molecular weight is 737 g/mol. The summed E-state index contributed by atoms with van der Waals surface area (Å²) < 4.78 is 7.88. The van der Waals surface area contributed by atoms with Gasteiger partial charge in [0.15, 0.2) is 5.65 Å². The molecule has 4 aromatic carbocycles. The third kappa shape index (κ3) is 9.98. The maximum atomic E-state index is 12.5. The van der Waals surface area contributed by atoms with E-state index in [9.17, 15) is 9.90 Å². The van der Waals surface area contributed by atoms with Crippen LogP contribution in [0.1, 0.15) is 48.9 Å². The zero-order chi connectivity index (χ0) is 37.8. The van der Waals surface area contributed by atoms with Gasteiger partial charge < -0.3 is 20.1 Å². The van der Waals surface area contributed by atoms with Gasteiger partial charge in [-0.05, 0) is 73.2 Å². The number of ether oxygens (including phenoxy) is 1. The molecule has 1 aliphatic rings. The molecule has 2 N–H and O–H groups in total. The molecule has 9 heteroatoms. The van der Waals surface area contributed by atoms with Crippen LogP contribution in [0.5, 0.6) is 11.5 Å². The van der Waals surface area contributed by atoms with E-state index in [1.807, 2.05) is 65.2 Å². The molecule has 1 fully saturated rings. The van der Waals surface area contributed by atoms with E-state index in [0.717, 1.165) is 121 Å². The smallest absolute Gasteiger partial charge is 0.224 e. The van der Waals surface area contributed by atoms with Gasteiger partial charge in [0.1, 0.15) is 17.3 Å². The number of β-amino-alcohol motifs (C(OH)–C–C–N with tert-alkyl or cyclic N) is 1. The Bertz CT molecular complexity index is 2130. The molecule has 0 spiro atoms. The first kappa shape index (κ1) is 37.8. The number of amides is 1. The van der Waals surface area contributed by atoms with E-state index in [0.29, 0.717) is 19.5 Å². The fourth-order valence-corrected chi connectivity index (χ4v) is 7.41. The highest BCUT2D eigenvalue weighted by atomic mass is 16.5. The molecule has 2 aromatic heterocycles. The van der Waals surface area contributed by atoms with Crippen molar-refractivity contribution in [3.8, 4) is 33.9 Å². The van der Waals surface area contributed by atoms with Gasteiger partial charge in [-0.25, -0.2) is 4.98 Å². The lowest BCUT2D eigenvalue weighted by molar-refractivity contribution is -0.120. The van der Waals surface area contributed by atoms with Crippen LogP contribution in [0.25, 0.3) is 28.0 Å². The van der Waals surface area contributed by atoms with Crippen LogP contribution in [0.3, 0.4) is 0 Å². The highest BCUT2D eigenvalue weighted by molar-refractivity contribution is 5.83. The number of piperazine rings is 1. The summed E-state index contributed by atoms with van der Waals surface area (Å²) in [4.78, 5) is 22.5. The molecule has 0 aliphatic carbocycles. The maximum absolute atomic E-state index is 12.5. The minimum absolute atomic E-state index is 0.0534. The lowest BCUT2D eigenvalue weighted by Crippen LogP contribution is -2.47. The van der Waals surface area contributed by atoms with E-state index in [4.69, 9.17) is 14.8 Å². The molecule has 1 saturated heterocycles. The number of benzene rings is 4. The van der Waals surface area contributed by atoms with E-state index < -0.39 is 0 Å². The molecule has 0 unspecified atom stereocenters. The number of fused-ring (bicyclic) bond motifs is 1. The second-order valence-corrected chi connectivity index (χ2v) is 14.4. The Balaban J connectivity index is 0.908. The fourth-order valence-electron chi connectivity index (χ4n) is 7.41. The minimum Gasteiger partial charge on any atom is -0.457 e. The number of anilines is 1. The van der Waals surface area contributed by atoms with Crippen molar-refractivity contribution in [3.05, 3.63) is 132 Å². The summed E-state index contributed by atoms with van der Waals surface area (Å²) in [6.45, 7) is 7.20. The number of hydrogen-bond donors (Lipinski definition) is 2. The van der Waals surface area contributed by atoms with Crippen LogP contribution in [0.4, 0.5) is 5.82 Å². The second kappa shape index (κ2) is 18.7. The van der Waals surface area contributed by atoms with Gasteiger partial charge in [-0.15, -0.1) is 0 Å². The topological polar surface area (TPSA) is 95.2 Å². The Hall–Kier alpha value is -5.51. The summed E-state index contributed by atoms with van der Waals surface area (Å²) in [5, 5.41) is 17.6. The van der Waals surface area contributed by atoms with Gasteiger partial charge in [-0.2, -0.15) is 9.61 Å². The lowest BCUT2D eigenvalue weighted by atomic mass is 10.0. The van der Waals surface area contributed by atoms with Crippen molar-refractivity contribution in [3.63, 3.8) is 0 Å². The Morgan fingerprint density at radius 3 is 2.20 bits per heavy atom. The number of aryl methyl sites for hydroxylation is 2. The van der Waals surface area contributed by atoms with Crippen LogP contribution < -0.4 is 15.0 Å².